The topological polar surface area (TPSA) is 80.3 Å². The van der Waals surface area contributed by atoms with Gasteiger partial charge < -0.3 is 5.32 Å². The molecule has 1 aliphatic rings. The van der Waals surface area contributed by atoms with Crippen molar-refractivity contribution in [2.75, 3.05) is 11.5 Å². The monoisotopic (exact) mass is 281 g/mol. The van der Waals surface area contributed by atoms with Crippen LogP contribution in [-0.2, 0) is 14.6 Å². The molecule has 1 heterocycles. The number of carbonyl (C=O) groups is 2. The standard InChI is InChI=1S/C13H15NO4S/c1-9-2-4-10(5-3-9)12(15)13(16)14-11-6-7-19(17,18)8-11/h2-5,11H,6-8H2,1H3,(H,14,16)/t11-/m1/s1. The lowest BCUT2D eigenvalue weighted by molar-refractivity contribution is -0.117. The Morgan fingerprint density at radius 1 is 1.21 bits per heavy atom. The molecule has 5 nitrogen and oxygen atoms in total. The molecule has 1 N–H and O–H groups in total. The Balaban J connectivity index is 2.01. The van der Waals surface area contributed by atoms with E-state index in [-0.39, 0.29) is 11.5 Å². The van der Waals surface area contributed by atoms with Crippen LogP contribution in [-0.4, -0.2) is 37.7 Å². The van der Waals surface area contributed by atoms with Gasteiger partial charge in [0.15, 0.2) is 9.84 Å². The van der Waals surface area contributed by atoms with Crippen molar-refractivity contribution in [3.63, 3.8) is 0 Å². The van der Waals surface area contributed by atoms with Gasteiger partial charge in [-0.05, 0) is 13.3 Å². The molecule has 0 bridgehead atoms. The summed E-state index contributed by atoms with van der Waals surface area (Å²) in [6.07, 6.45) is 0.370. The Morgan fingerprint density at radius 2 is 1.84 bits per heavy atom. The van der Waals surface area contributed by atoms with E-state index in [2.05, 4.69) is 5.32 Å². The number of rotatable bonds is 3. The molecule has 0 saturated carbocycles. The Kier molecular flexibility index (Phi) is 3.71. The van der Waals surface area contributed by atoms with Crippen molar-refractivity contribution >= 4 is 21.5 Å². The molecule has 19 heavy (non-hydrogen) atoms. The zero-order chi connectivity index (χ0) is 14.0. The minimum atomic E-state index is -3.06. The minimum absolute atomic E-state index is 0.0661. The first-order valence-corrected chi connectivity index (χ1v) is 7.82. The number of ketones is 1. The van der Waals surface area contributed by atoms with Crippen LogP contribution in [0.15, 0.2) is 24.3 Å². The second kappa shape index (κ2) is 5.13. The van der Waals surface area contributed by atoms with E-state index < -0.39 is 27.6 Å². The maximum absolute atomic E-state index is 11.8. The van der Waals surface area contributed by atoms with Gasteiger partial charge >= 0.3 is 0 Å². The lowest BCUT2D eigenvalue weighted by atomic mass is 10.1. The summed E-state index contributed by atoms with van der Waals surface area (Å²) in [5, 5.41) is 2.48. The summed E-state index contributed by atoms with van der Waals surface area (Å²) in [7, 11) is -3.06. The molecule has 1 aromatic rings. The molecule has 0 spiro atoms. The van der Waals surface area contributed by atoms with Crippen LogP contribution in [0.25, 0.3) is 0 Å². The Morgan fingerprint density at radius 3 is 2.37 bits per heavy atom. The number of Topliss-reactive ketones (excluding diaryl/α,β-unsaturated/α-hetero) is 1. The van der Waals surface area contributed by atoms with Crippen molar-refractivity contribution in [3.8, 4) is 0 Å². The summed E-state index contributed by atoms with van der Waals surface area (Å²) in [5.41, 5.74) is 1.31. The minimum Gasteiger partial charge on any atom is -0.345 e. The van der Waals surface area contributed by atoms with Gasteiger partial charge in [-0.25, -0.2) is 8.42 Å². The van der Waals surface area contributed by atoms with Crippen molar-refractivity contribution in [2.45, 2.75) is 19.4 Å². The summed E-state index contributed by atoms with van der Waals surface area (Å²) >= 11 is 0. The summed E-state index contributed by atoms with van der Waals surface area (Å²) < 4.78 is 22.5. The number of hydrogen-bond acceptors (Lipinski definition) is 4. The SMILES string of the molecule is Cc1ccc(C(=O)C(=O)N[C@@H]2CCS(=O)(=O)C2)cc1. The van der Waals surface area contributed by atoms with Crippen molar-refractivity contribution in [1.29, 1.82) is 0 Å². The second-order valence-corrected chi connectivity index (χ2v) is 7.00. The number of benzene rings is 1. The van der Waals surface area contributed by atoms with Crippen LogP contribution in [0.1, 0.15) is 22.3 Å². The third-order valence-corrected chi connectivity index (χ3v) is 4.86. The zero-order valence-electron chi connectivity index (χ0n) is 10.5. The van der Waals surface area contributed by atoms with Gasteiger partial charge in [0, 0.05) is 11.6 Å². The van der Waals surface area contributed by atoms with E-state index in [1.54, 1.807) is 24.3 Å². The second-order valence-electron chi connectivity index (χ2n) is 4.77. The number of sulfone groups is 1. The predicted octanol–water partition coefficient (Wildman–Crippen LogP) is 0.481. The Bertz CT molecular complexity index is 604. The quantitative estimate of drug-likeness (QED) is 0.645. The van der Waals surface area contributed by atoms with Gasteiger partial charge in [-0.15, -0.1) is 0 Å². The van der Waals surface area contributed by atoms with Crippen LogP contribution < -0.4 is 5.32 Å². The van der Waals surface area contributed by atoms with Crippen LogP contribution in [0.2, 0.25) is 0 Å². The van der Waals surface area contributed by atoms with Crippen LogP contribution in [0.4, 0.5) is 0 Å². The van der Waals surface area contributed by atoms with Crippen molar-refractivity contribution in [2.24, 2.45) is 0 Å². The molecule has 6 heteroatoms. The number of aryl methyl sites for hydroxylation is 1. The van der Waals surface area contributed by atoms with Crippen LogP contribution in [0.3, 0.4) is 0 Å². The summed E-state index contributed by atoms with van der Waals surface area (Å²) in [5.74, 6) is -1.40. The van der Waals surface area contributed by atoms with Crippen LogP contribution in [0, 0.1) is 6.92 Å². The molecule has 102 valence electrons. The fraction of sp³-hybridized carbons (Fsp3) is 0.385. The highest BCUT2D eigenvalue weighted by Gasteiger charge is 2.30. The van der Waals surface area contributed by atoms with E-state index in [1.807, 2.05) is 6.92 Å². The largest absolute Gasteiger partial charge is 0.345 e. The van der Waals surface area contributed by atoms with E-state index in [0.29, 0.717) is 12.0 Å². The molecular weight excluding hydrogens is 266 g/mol. The fourth-order valence-electron chi connectivity index (χ4n) is 2.00. The molecule has 2 rings (SSSR count). The van der Waals surface area contributed by atoms with Crippen LogP contribution >= 0.6 is 0 Å². The number of nitrogens with one attached hydrogen (secondary N) is 1. The first-order valence-electron chi connectivity index (χ1n) is 6.00. The molecule has 1 saturated heterocycles. The molecule has 1 atom stereocenters. The predicted molar refractivity (Wildman–Crippen MR) is 70.7 cm³/mol. The summed E-state index contributed by atoms with van der Waals surface area (Å²) in [6.45, 7) is 1.89. The molecule has 1 aliphatic heterocycles. The number of hydrogen-bond donors (Lipinski definition) is 1. The normalized spacial score (nSPS) is 21.0. The molecular formula is C13H15NO4S. The fourth-order valence-corrected chi connectivity index (χ4v) is 3.67. The molecule has 0 aliphatic carbocycles. The van der Waals surface area contributed by atoms with Gasteiger partial charge in [0.25, 0.3) is 5.91 Å². The maximum Gasteiger partial charge on any atom is 0.292 e. The Hall–Kier alpha value is -1.69. The third-order valence-electron chi connectivity index (χ3n) is 3.09. The molecule has 0 aromatic heterocycles. The lowest BCUT2D eigenvalue weighted by Gasteiger charge is -2.09. The van der Waals surface area contributed by atoms with Crippen LogP contribution in [0.5, 0.6) is 0 Å². The summed E-state index contributed by atoms with van der Waals surface area (Å²) in [4.78, 5) is 23.6. The van der Waals surface area contributed by atoms with Crippen molar-refractivity contribution in [3.05, 3.63) is 35.4 Å². The van der Waals surface area contributed by atoms with Gasteiger partial charge in [-0.1, -0.05) is 29.8 Å². The summed E-state index contributed by atoms with van der Waals surface area (Å²) in [6, 6.07) is 6.22. The highest BCUT2D eigenvalue weighted by atomic mass is 32.2. The average molecular weight is 281 g/mol. The maximum atomic E-state index is 11.8. The first-order chi connectivity index (χ1) is 8.87. The number of carbonyl (C=O) groups excluding carboxylic acids is 2. The highest BCUT2D eigenvalue weighted by Crippen LogP contribution is 2.12. The van der Waals surface area contributed by atoms with E-state index in [1.165, 1.54) is 0 Å². The van der Waals surface area contributed by atoms with E-state index >= 15 is 0 Å². The van der Waals surface area contributed by atoms with Crippen molar-refractivity contribution in [1.82, 2.24) is 5.32 Å². The van der Waals surface area contributed by atoms with Crippen molar-refractivity contribution < 1.29 is 18.0 Å². The highest BCUT2D eigenvalue weighted by molar-refractivity contribution is 7.91. The van der Waals surface area contributed by atoms with Gasteiger partial charge in [-0.2, -0.15) is 0 Å². The van der Waals surface area contributed by atoms with Gasteiger partial charge in [-0.3, -0.25) is 9.59 Å². The van der Waals surface area contributed by atoms with E-state index in [9.17, 15) is 18.0 Å². The van der Waals surface area contributed by atoms with E-state index in [0.717, 1.165) is 5.56 Å². The zero-order valence-corrected chi connectivity index (χ0v) is 11.4. The van der Waals surface area contributed by atoms with Gasteiger partial charge in [0.2, 0.25) is 5.78 Å². The third kappa shape index (κ3) is 3.41. The lowest BCUT2D eigenvalue weighted by Crippen LogP contribution is -2.39. The number of amides is 1. The average Bonchev–Trinajstić information content (AvgIpc) is 2.68. The molecule has 0 radical (unpaired) electrons. The first kappa shape index (κ1) is 13.7. The molecule has 1 amide bonds. The Labute approximate surface area is 111 Å². The van der Waals surface area contributed by atoms with Gasteiger partial charge in [0.05, 0.1) is 11.5 Å². The molecule has 1 fully saturated rings. The smallest absolute Gasteiger partial charge is 0.292 e. The van der Waals surface area contributed by atoms with E-state index in [4.69, 9.17) is 0 Å². The molecule has 1 aromatic carbocycles. The molecule has 0 unspecified atom stereocenters. The van der Waals surface area contributed by atoms with Gasteiger partial charge in [0.1, 0.15) is 0 Å².